The van der Waals surface area contributed by atoms with Crippen LogP contribution in [0.25, 0.3) is 0 Å². The number of benzene rings is 2. The highest BCUT2D eigenvalue weighted by Gasteiger charge is 2.29. The molecular weight excluding hydrogens is 370 g/mol. The van der Waals surface area contributed by atoms with Crippen LogP contribution in [0.4, 0.5) is 5.69 Å². The molecule has 0 saturated heterocycles. The van der Waals surface area contributed by atoms with Gasteiger partial charge in [0, 0.05) is 6.42 Å². The van der Waals surface area contributed by atoms with E-state index in [2.05, 4.69) is 19.2 Å². The van der Waals surface area contributed by atoms with Crippen molar-refractivity contribution in [3.63, 3.8) is 0 Å². The number of ether oxygens (including phenoxy) is 2. The molecular formula is C23H27NO5. The van der Waals surface area contributed by atoms with Crippen LogP contribution in [0, 0.1) is 11.8 Å². The number of anilines is 1. The van der Waals surface area contributed by atoms with Gasteiger partial charge < -0.3 is 25.0 Å². The fourth-order valence-corrected chi connectivity index (χ4v) is 3.10. The summed E-state index contributed by atoms with van der Waals surface area (Å²) in [6, 6.07) is 14.1. The smallest absolute Gasteiger partial charge is 0.290 e. The minimum atomic E-state index is -0.546. The number of aliphatic hydroxyl groups is 1. The molecule has 0 fully saturated rings. The number of hydrogen-bond donors (Lipinski definition) is 3. The molecule has 29 heavy (non-hydrogen) atoms. The molecule has 3 rings (SSSR count). The fraction of sp³-hybridized carbons (Fsp3) is 0.348. The number of rotatable bonds is 7. The second-order valence-corrected chi connectivity index (χ2v) is 7.48. The third kappa shape index (κ3) is 5.59. The number of para-hydroxylation sites is 2. The average Bonchev–Trinajstić information content (AvgIpc) is 2.74. The number of hydrogen-bond acceptors (Lipinski definition) is 5. The molecule has 2 aromatic rings. The van der Waals surface area contributed by atoms with Crippen molar-refractivity contribution in [1.82, 2.24) is 0 Å². The van der Waals surface area contributed by atoms with Gasteiger partial charge in [0.25, 0.3) is 5.91 Å². The molecule has 2 atom stereocenters. The molecule has 1 amide bonds. The second-order valence-electron chi connectivity index (χ2n) is 7.48. The first kappa shape index (κ1) is 20.9. The van der Waals surface area contributed by atoms with E-state index in [1.807, 2.05) is 30.3 Å². The third-order valence-corrected chi connectivity index (χ3v) is 4.96. The van der Waals surface area contributed by atoms with Gasteiger partial charge in [-0.2, -0.15) is 0 Å². The molecule has 2 aromatic carbocycles. The Kier molecular flexibility index (Phi) is 6.90. The molecule has 1 aliphatic heterocycles. The quantitative estimate of drug-likeness (QED) is 0.616. The van der Waals surface area contributed by atoms with Gasteiger partial charge in [-0.05, 0) is 41.2 Å². The van der Waals surface area contributed by atoms with Gasteiger partial charge in [-0.3, -0.25) is 4.79 Å². The van der Waals surface area contributed by atoms with Crippen molar-refractivity contribution in [1.29, 1.82) is 0 Å². The molecule has 3 N–H and O–H groups in total. The van der Waals surface area contributed by atoms with Gasteiger partial charge in [-0.15, -0.1) is 0 Å². The van der Waals surface area contributed by atoms with Crippen molar-refractivity contribution in [2.24, 2.45) is 11.8 Å². The topological polar surface area (TPSA) is 88.0 Å². The third-order valence-electron chi connectivity index (χ3n) is 4.96. The Morgan fingerprint density at radius 1 is 1.17 bits per heavy atom. The lowest BCUT2D eigenvalue weighted by molar-refractivity contribution is -0.152. The second kappa shape index (κ2) is 9.58. The summed E-state index contributed by atoms with van der Waals surface area (Å²) in [5, 5.41) is 21.7. The minimum absolute atomic E-state index is 0.00297. The van der Waals surface area contributed by atoms with Crippen LogP contribution in [0.1, 0.15) is 31.4 Å². The molecule has 6 heteroatoms. The highest BCUT2D eigenvalue weighted by atomic mass is 16.7. The Hall–Kier alpha value is -2.83. The number of nitrogens with one attached hydrogen (secondary N) is 1. The van der Waals surface area contributed by atoms with E-state index in [1.54, 1.807) is 18.2 Å². The Bertz CT molecular complexity index is 860. The first-order chi connectivity index (χ1) is 14.0. The van der Waals surface area contributed by atoms with Crippen molar-refractivity contribution < 1.29 is 24.5 Å². The number of carbonyl (C=O) groups excluding carboxylic acids is 1. The van der Waals surface area contributed by atoms with Crippen LogP contribution in [-0.4, -0.2) is 22.4 Å². The van der Waals surface area contributed by atoms with Crippen LogP contribution < -0.4 is 5.32 Å². The average molecular weight is 397 g/mol. The minimum Gasteiger partial charge on any atom is -0.506 e. The lowest BCUT2D eigenvalue weighted by Crippen LogP contribution is -2.31. The number of carbonyl (C=O) groups is 1. The maximum absolute atomic E-state index is 12.7. The van der Waals surface area contributed by atoms with Crippen LogP contribution in [0.2, 0.25) is 0 Å². The molecule has 0 saturated carbocycles. The van der Waals surface area contributed by atoms with Crippen molar-refractivity contribution in [3.05, 3.63) is 71.5 Å². The van der Waals surface area contributed by atoms with E-state index in [-0.39, 0.29) is 24.0 Å². The summed E-state index contributed by atoms with van der Waals surface area (Å²) in [6.45, 7) is 4.53. The molecule has 1 heterocycles. The SMILES string of the molecule is CC(C)[C@H]1C=C(C(=O)Nc2ccccc2O)O[C@@H](OCc2ccc(CO)cc2)C1. The largest absolute Gasteiger partial charge is 0.506 e. The number of aliphatic hydroxyl groups excluding tert-OH is 1. The highest BCUT2D eigenvalue weighted by molar-refractivity contribution is 6.03. The molecule has 0 bridgehead atoms. The lowest BCUT2D eigenvalue weighted by Gasteiger charge is -2.31. The van der Waals surface area contributed by atoms with E-state index in [9.17, 15) is 9.90 Å². The van der Waals surface area contributed by atoms with E-state index in [0.29, 0.717) is 24.6 Å². The number of phenolic OH excluding ortho intramolecular Hbond substituents is 1. The predicted molar refractivity (Wildman–Crippen MR) is 110 cm³/mol. The van der Waals surface area contributed by atoms with Crippen molar-refractivity contribution in [2.75, 3.05) is 5.32 Å². The van der Waals surface area contributed by atoms with E-state index >= 15 is 0 Å². The summed E-state index contributed by atoms with van der Waals surface area (Å²) >= 11 is 0. The van der Waals surface area contributed by atoms with Crippen molar-refractivity contribution >= 4 is 11.6 Å². The summed E-state index contributed by atoms with van der Waals surface area (Å²) in [5.74, 6) is 0.228. The molecule has 0 unspecified atom stereocenters. The zero-order chi connectivity index (χ0) is 20.8. The molecule has 0 aromatic heterocycles. The van der Waals surface area contributed by atoms with Crippen LogP contribution in [-0.2, 0) is 27.5 Å². The molecule has 154 valence electrons. The molecule has 0 radical (unpaired) electrons. The van der Waals surface area contributed by atoms with Crippen LogP contribution in [0.5, 0.6) is 5.75 Å². The summed E-state index contributed by atoms with van der Waals surface area (Å²) < 4.78 is 11.7. The van der Waals surface area contributed by atoms with Gasteiger partial charge in [0.2, 0.25) is 6.29 Å². The highest BCUT2D eigenvalue weighted by Crippen LogP contribution is 2.30. The van der Waals surface area contributed by atoms with Gasteiger partial charge in [-0.1, -0.05) is 50.2 Å². The molecule has 0 aliphatic carbocycles. The van der Waals surface area contributed by atoms with E-state index < -0.39 is 12.2 Å². The van der Waals surface area contributed by atoms with E-state index in [0.717, 1.165) is 11.1 Å². The first-order valence-electron chi connectivity index (χ1n) is 9.74. The first-order valence-corrected chi connectivity index (χ1v) is 9.74. The van der Waals surface area contributed by atoms with Gasteiger partial charge in [0.1, 0.15) is 5.75 Å². The fourth-order valence-electron chi connectivity index (χ4n) is 3.10. The summed E-state index contributed by atoms with van der Waals surface area (Å²) in [7, 11) is 0. The maximum atomic E-state index is 12.7. The van der Waals surface area contributed by atoms with Gasteiger partial charge in [0.05, 0.1) is 18.9 Å². The van der Waals surface area contributed by atoms with Gasteiger partial charge in [-0.25, -0.2) is 0 Å². The zero-order valence-electron chi connectivity index (χ0n) is 16.7. The van der Waals surface area contributed by atoms with E-state index in [1.165, 1.54) is 6.07 Å². The van der Waals surface area contributed by atoms with Crippen molar-refractivity contribution in [3.8, 4) is 5.75 Å². The predicted octanol–water partition coefficient (Wildman–Crippen LogP) is 3.94. The van der Waals surface area contributed by atoms with Crippen LogP contribution in [0.15, 0.2) is 60.4 Å². The monoisotopic (exact) mass is 397 g/mol. The standard InChI is InChI=1S/C23H27NO5/c1-15(2)18-11-21(23(27)24-19-5-3-4-6-20(19)26)29-22(12-18)28-14-17-9-7-16(13-25)8-10-17/h3-11,15,18,22,25-26H,12-14H2,1-2H3,(H,24,27)/t18-,22+/m0/s1. The maximum Gasteiger partial charge on any atom is 0.290 e. The van der Waals surface area contributed by atoms with Crippen LogP contribution in [0.3, 0.4) is 0 Å². The molecule has 0 spiro atoms. The number of aromatic hydroxyl groups is 1. The lowest BCUT2D eigenvalue weighted by atomic mass is 9.90. The van der Waals surface area contributed by atoms with E-state index in [4.69, 9.17) is 14.6 Å². The normalized spacial score (nSPS) is 18.8. The van der Waals surface area contributed by atoms with Gasteiger partial charge >= 0.3 is 0 Å². The molecule has 6 nitrogen and oxygen atoms in total. The molecule has 1 aliphatic rings. The summed E-state index contributed by atoms with van der Waals surface area (Å²) in [6.07, 6.45) is 1.94. The van der Waals surface area contributed by atoms with Crippen molar-refractivity contribution in [2.45, 2.75) is 39.8 Å². The zero-order valence-corrected chi connectivity index (χ0v) is 16.7. The summed E-state index contributed by atoms with van der Waals surface area (Å²) in [4.78, 5) is 12.7. The number of phenols is 1. The Balaban J connectivity index is 1.66. The number of allylic oxidation sites excluding steroid dienone is 1. The Labute approximate surface area is 170 Å². The Morgan fingerprint density at radius 3 is 2.52 bits per heavy atom. The summed E-state index contributed by atoms with van der Waals surface area (Å²) in [5.41, 5.74) is 2.13. The van der Waals surface area contributed by atoms with Crippen LogP contribution >= 0.6 is 0 Å². The number of amides is 1. The van der Waals surface area contributed by atoms with Gasteiger partial charge in [0.15, 0.2) is 5.76 Å². The Morgan fingerprint density at radius 2 is 1.86 bits per heavy atom.